The lowest BCUT2D eigenvalue weighted by Crippen LogP contribution is -2.35. The predicted octanol–water partition coefficient (Wildman–Crippen LogP) is 1.06. The molecule has 4 nitrogen and oxygen atoms in total. The third-order valence-corrected chi connectivity index (χ3v) is 2.94. The molecule has 0 aromatic heterocycles. The molecule has 0 bridgehead atoms. The molecule has 0 aromatic rings. The molecule has 2 unspecified atom stereocenters. The molecule has 1 aliphatic rings. The molecule has 0 aromatic carbocycles. The topological polar surface area (TPSA) is 50.4 Å². The van der Waals surface area contributed by atoms with Crippen LogP contribution in [0.5, 0.6) is 0 Å². The highest BCUT2D eigenvalue weighted by atomic mass is 16.5. The molecule has 0 spiro atoms. The number of carbonyl (C=O) groups excluding carboxylic acids is 1. The number of ether oxygens (including phenoxy) is 1. The Morgan fingerprint density at radius 3 is 3.00 bits per heavy atom. The second-order valence-electron chi connectivity index (χ2n) is 4.47. The molecule has 1 saturated heterocycles. The van der Waals surface area contributed by atoms with Gasteiger partial charge in [0.15, 0.2) is 0 Å². The average molecular weight is 228 g/mol. The van der Waals surface area contributed by atoms with E-state index in [1.54, 1.807) is 0 Å². The zero-order valence-corrected chi connectivity index (χ0v) is 10.4. The number of hydrogen-bond donors (Lipinski definition) is 2. The van der Waals surface area contributed by atoms with Crippen molar-refractivity contribution < 1.29 is 9.53 Å². The summed E-state index contributed by atoms with van der Waals surface area (Å²) in [7, 11) is 0. The number of nitrogens with one attached hydrogen (secondary N) is 2. The average Bonchev–Trinajstić information content (AvgIpc) is 2.77. The van der Waals surface area contributed by atoms with E-state index in [1.165, 1.54) is 6.42 Å². The molecule has 1 rings (SSSR count). The molecule has 4 heteroatoms. The van der Waals surface area contributed by atoms with Crippen LogP contribution in [0.2, 0.25) is 0 Å². The van der Waals surface area contributed by atoms with E-state index >= 15 is 0 Å². The summed E-state index contributed by atoms with van der Waals surface area (Å²) in [5.41, 5.74) is 0. The van der Waals surface area contributed by atoms with E-state index in [2.05, 4.69) is 17.6 Å². The summed E-state index contributed by atoms with van der Waals surface area (Å²) in [4.78, 5) is 11.4. The maximum absolute atomic E-state index is 11.4. The number of hydrogen-bond acceptors (Lipinski definition) is 3. The second-order valence-corrected chi connectivity index (χ2v) is 4.47. The Bertz CT molecular complexity index is 203. The van der Waals surface area contributed by atoms with Crippen LogP contribution in [-0.4, -0.2) is 37.7 Å². The standard InChI is InChI=1S/C12H24N2O2/c1-3-10(2)14-12(15)6-7-13-9-11-5-4-8-16-11/h10-11,13H,3-9H2,1-2H3,(H,14,15). The fraction of sp³-hybridized carbons (Fsp3) is 0.917. The number of amides is 1. The minimum Gasteiger partial charge on any atom is -0.377 e. The quantitative estimate of drug-likeness (QED) is 0.641. The van der Waals surface area contributed by atoms with Crippen molar-refractivity contribution in [2.45, 2.75) is 51.7 Å². The first-order valence-corrected chi connectivity index (χ1v) is 6.34. The first-order valence-electron chi connectivity index (χ1n) is 6.34. The second kappa shape index (κ2) is 7.63. The van der Waals surface area contributed by atoms with Crippen LogP contribution in [0.25, 0.3) is 0 Å². The van der Waals surface area contributed by atoms with Gasteiger partial charge >= 0.3 is 0 Å². The van der Waals surface area contributed by atoms with Gasteiger partial charge in [-0.15, -0.1) is 0 Å². The van der Waals surface area contributed by atoms with Gasteiger partial charge in [0.1, 0.15) is 0 Å². The summed E-state index contributed by atoms with van der Waals surface area (Å²) in [6, 6.07) is 0.283. The summed E-state index contributed by atoms with van der Waals surface area (Å²) in [5.74, 6) is 0.134. The summed E-state index contributed by atoms with van der Waals surface area (Å²) in [6.45, 7) is 6.60. The summed E-state index contributed by atoms with van der Waals surface area (Å²) in [5, 5.41) is 6.21. The van der Waals surface area contributed by atoms with Crippen molar-refractivity contribution in [3.05, 3.63) is 0 Å². The smallest absolute Gasteiger partial charge is 0.221 e. The van der Waals surface area contributed by atoms with Crippen molar-refractivity contribution in [3.8, 4) is 0 Å². The maximum atomic E-state index is 11.4. The van der Waals surface area contributed by atoms with Crippen LogP contribution in [0.4, 0.5) is 0 Å². The van der Waals surface area contributed by atoms with E-state index in [4.69, 9.17) is 4.74 Å². The van der Waals surface area contributed by atoms with Crippen molar-refractivity contribution in [3.63, 3.8) is 0 Å². The lowest BCUT2D eigenvalue weighted by Gasteiger charge is -2.13. The van der Waals surface area contributed by atoms with E-state index in [0.717, 1.165) is 32.5 Å². The van der Waals surface area contributed by atoms with Crippen LogP contribution in [-0.2, 0) is 9.53 Å². The number of carbonyl (C=O) groups is 1. The highest BCUT2D eigenvalue weighted by molar-refractivity contribution is 5.76. The summed E-state index contributed by atoms with van der Waals surface area (Å²) >= 11 is 0. The van der Waals surface area contributed by atoms with Gasteiger partial charge in [-0.2, -0.15) is 0 Å². The van der Waals surface area contributed by atoms with E-state index in [1.807, 2.05) is 6.92 Å². The Morgan fingerprint density at radius 1 is 1.56 bits per heavy atom. The van der Waals surface area contributed by atoms with Gasteiger partial charge < -0.3 is 15.4 Å². The Labute approximate surface area is 98.1 Å². The number of rotatable bonds is 7. The lowest BCUT2D eigenvalue weighted by molar-refractivity contribution is -0.121. The largest absolute Gasteiger partial charge is 0.377 e. The van der Waals surface area contributed by atoms with E-state index in [-0.39, 0.29) is 11.9 Å². The van der Waals surface area contributed by atoms with Gasteiger partial charge in [0.25, 0.3) is 0 Å². The van der Waals surface area contributed by atoms with Gasteiger partial charge in [0.2, 0.25) is 5.91 Å². The molecule has 16 heavy (non-hydrogen) atoms. The Kier molecular flexibility index (Phi) is 6.42. The predicted molar refractivity (Wildman–Crippen MR) is 64.4 cm³/mol. The molecular weight excluding hydrogens is 204 g/mol. The fourth-order valence-electron chi connectivity index (χ4n) is 1.72. The molecular formula is C12H24N2O2. The van der Waals surface area contributed by atoms with Gasteiger partial charge in [0.05, 0.1) is 6.10 Å². The Balaban J connectivity index is 1.95. The Morgan fingerprint density at radius 2 is 2.38 bits per heavy atom. The summed E-state index contributed by atoms with van der Waals surface area (Å²) < 4.78 is 5.48. The molecule has 0 radical (unpaired) electrons. The van der Waals surface area contributed by atoms with Crippen molar-refractivity contribution in [1.82, 2.24) is 10.6 Å². The maximum Gasteiger partial charge on any atom is 0.221 e. The van der Waals surface area contributed by atoms with Gasteiger partial charge in [-0.3, -0.25) is 4.79 Å². The normalized spacial score (nSPS) is 22.0. The molecule has 0 aliphatic carbocycles. The Hall–Kier alpha value is -0.610. The highest BCUT2D eigenvalue weighted by Gasteiger charge is 2.14. The van der Waals surface area contributed by atoms with Gasteiger partial charge in [-0.05, 0) is 26.2 Å². The van der Waals surface area contributed by atoms with Crippen LogP contribution in [0.15, 0.2) is 0 Å². The molecule has 1 heterocycles. The molecule has 1 aliphatic heterocycles. The van der Waals surface area contributed by atoms with Crippen LogP contribution >= 0.6 is 0 Å². The summed E-state index contributed by atoms with van der Waals surface area (Å²) in [6.07, 6.45) is 4.21. The molecule has 0 saturated carbocycles. The highest BCUT2D eigenvalue weighted by Crippen LogP contribution is 2.10. The molecule has 94 valence electrons. The zero-order chi connectivity index (χ0) is 11.8. The minimum absolute atomic E-state index is 0.134. The van der Waals surface area contributed by atoms with E-state index in [0.29, 0.717) is 12.5 Å². The zero-order valence-electron chi connectivity index (χ0n) is 10.4. The SMILES string of the molecule is CCC(C)NC(=O)CCNCC1CCCO1. The molecule has 1 fully saturated rings. The lowest BCUT2D eigenvalue weighted by atomic mass is 10.2. The minimum atomic E-state index is 0.134. The van der Waals surface area contributed by atoms with Crippen molar-refractivity contribution in [1.29, 1.82) is 0 Å². The van der Waals surface area contributed by atoms with Crippen LogP contribution < -0.4 is 10.6 Å². The van der Waals surface area contributed by atoms with Crippen molar-refractivity contribution in [2.24, 2.45) is 0 Å². The van der Waals surface area contributed by atoms with Gasteiger partial charge in [-0.1, -0.05) is 6.92 Å². The van der Waals surface area contributed by atoms with E-state index in [9.17, 15) is 4.79 Å². The molecule has 1 amide bonds. The molecule has 2 N–H and O–H groups in total. The van der Waals surface area contributed by atoms with Crippen LogP contribution in [0, 0.1) is 0 Å². The fourth-order valence-corrected chi connectivity index (χ4v) is 1.72. The van der Waals surface area contributed by atoms with Gasteiger partial charge in [-0.25, -0.2) is 0 Å². The molecule has 2 atom stereocenters. The third-order valence-electron chi connectivity index (χ3n) is 2.94. The van der Waals surface area contributed by atoms with Crippen LogP contribution in [0.3, 0.4) is 0 Å². The first kappa shape index (κ1) is 13.5. The van der Waals surface area contributed by atoms with Gasteiger partial charge in [0, 0.05) is 32.2 Å². The van der Waals surface area contributed by atoms with Crippen LogP contribution in [0.1, 0.15) is 39.5 Å². The van der Waals surface area contributed by atoms with Crippen molar-refractivity contribution >= 4 is 5.91 Å². The first-order chi connectivity index (χ1) is 7.72. The third kappa shape index (κ3) is 5.47. The van der Waals surface area contributed by atoms with E-state index < -0.39 is 0 Å². The monoisotopic (exact) mass is 228 g/mol. The van der Waals surface area contributed by atoms with Crippen molar-refractivity contribution in [2.75, 3.05) is 19.7 Å².